The molecule has 0 saturated heterocycles. The van der Waals surface area contributed by atoms with Gasteiger partial charge in [0.2, 0.25) is 0 Å². The van der Waals surface area contributed by atoms with E-state index in [1.807, 2.05) is 13.8 Å². The molecule has 1 saturated carbocycles. The van der Waals surface area contributed by atoms with Gasteiger partial charge in [0.05, 0.1) is 17.1 Å². The SMILES string of the molecule is C=CC[C@@]1(C#N)CCC[C@@](C)(O)[C@H]1C. The van der Waals surface area contributed by atoms with Crippen LogP contribution in [0.3, 0.4) is 0 Å². The van der Waals surface area contributed by atoms with Crippen LogP contribution in [-0.2, 0) is 0 Å². The Balaban J connectivity index is 2.96. The first-order valence-corrected chi connectivity index (χ1v) is 5.23. The van der Waals surface area contributed by atoms with Crippen molar-refractivity contribution < 1.29 is 5.11 Å². The second-order valence-corrected chi connectivity index (χ2v) is 4.69. The predicted molar refractivity (Wildman–Crippen MR) is 56.5 cm³/mol. The number of nitrogens with zero attached hydrogens (tertiary/aromatic N) is 1. The third-order valence-corrected chi connectivity index (χ3v) is 3.80. The average Bonchev–Trinajstić information content (AvgIpc) is 2.13. The molecule has 0 aromatic carbocycles. The molecule has 0 aromatic rings. The molecule has 2 heteroatoms. The number of rotatable bonds is 2. The van der Waals surface area contributed by atoms with E-state index in [4.69, 9.17) is 0 Å². The van der Waals surface area contributed by atoms with Crippen LogP contribution in [0.1, 0.15) is 39.5 Å². The summed E-state index contributed by atoms with van der Waals surface area (Å²) in [6.07, 6.45) is 5.09. The molecule has 0 aliphatic heterocycles. The minimum Gasteiger partial charge on any atom is -0.390 e. The van der Waals surface area contributed by atoms with Crippen LogP contribution >= 0.6 is 0 Å². The van der Waals surface area contributed by atoms with Crippen LogP contribution in [0.4, 0.5) is 0 Å². The zero-order valence-electron chi connectivity index (χ0n) is 9.08. The first kappa shape index (κ1) is 11.3. The lowest BCUT2D eigenvalue weighted by atomic mass is 9.60. The molecule has 0 heterocycles. The molecule has 1 aliphatic carbocycles. The molecule has 1 aliphatic rings. The molecule has 1 rings (SSSR count). The normalized spacial score (nSPS) is 42.9. The lowest BCUT2D eigenvalue weighted by molar-refractivity contribution is -0.0722. The molecule has 0 spiro atoms. The fraction of sp³-hybridized carbons (Fsp3) is 0.750. The first-order valence-electron chi connectivity index (χ1n) is 5.23. The fourth-order valence-corrected chi connectivity index (χ4v) is 2.52. The summed E-state index contributed by atoms with van der Waals surface area (Å²) in [7, 11) is 0. The highest BCUT2D eigenvalue weighted by Crippen LogP contribution is 2.48. The molecule has 3 atom stereocenters. The van der Waals surface area contributed by atoms with Gasteiger partial charge < -0.3 is 5.11 Å². The summed E-state index contributed by atoms with van der Waals surface area (Å²) >= 11 is 0. The summed E-state index contributed by atoms with van der Waals surface area (Å²) in [5.74, 6) is 0.0201. The number of nitriles is 1. The van der Waals surface area contributed by atoms with Crippen LogP contribution in [0.2, 0.25) is 0 Å². The molecule has 0 radical (unpaired) electrons. The van der Waals surface area contributed by atoms with Gasteiger partial charge in [-0.1, -0.05) is 13.0 Å². The summed E-state index contributed by atoms with van der Waals surface area (Å²) in [5.41, 5.74) is -1.10. The van der Waals surface area contributed by atoms with Gasteiger partial charge >= 0.3 is 0 Å². The molecule has 0 aromatic heterocycles. The highest BCUT2D eigenvalue weighted by atomic mass is 16.3. The summed E-state index contributed by atoms with van der Waals surface area (Å²) in [6.45, 7) is 7.51. The maximum Gasteiger partial charge on any atom is 0.0696 e. The van der Waals surface area contributed by atoms with Crippen molar-refractivity contribution in [2.45, 2.75) is 45.1 Å². The van der Waals surface area contributed by atoms with Crippen LogP contribution in [0.25, 0.3) is 0 Å². The molecule has 0 amide bonds. The first-order chi connectivity index (χ1) is 6.48. The zero-order chi connectivity index (χ0) is 10.8. The maximum absolute atomic E-state index is 10.2. The van der Waals surface area contributed by atoms with Crippen molar-refractivity contribution in [3.8, 4) is 6.07 Å². The van der Waals surface area contributed by atoms with Gasteiger partial charge in [0, 0.05) is 5.92 Å². The van der Waals surface area contributed by atoms with E-state index in [9.17, 15) is 10.4 Å². The van der Waals surface area contributed by atoms with Gasteiger partial charge in [-0.15, -0.1) is 6.58 Å². The van der Waals surface area contributed by atoms with E-state index in [1.54, 1.807) is 6.08 Å². The van der Waals surface area contributed by atoms with Crippen molar-refractivity contribution in [2.24, 2.45) is 11.3 Å². The summed E-state index contributed by atoms with van der Waals surface area (Å²) in [6, 6.07) is 2.39. The van der Waals surface area contributed by atoms with Gasteiger partial charge in [-0.2, -0.15) is 5.26 Å². The standard InChI is InChI=1S/C12H19NO/c1-4-6-12(9-13)8-5-7-11(3,14)10(12)2/h4,10,14H,1,5-8H2,2-3H3/t10-,11-,12+/m1/s1. The monoisotopic (exact) mass is 193 g/mol. The Kier molecular flexibility index (Phi) is 3.01. The molecule has 78 valence electrons. The number of hydrogen-bond donors (Lipinski definition) is 1. The van der Waals surface area contributed by atoms with E-state index in [2.05, 4.69) is 12.6 Å². The Hall–Kier alpha value is -0.810. The molecular weight excluding hydrogens is 174 g/mol. The van der Waals surface area contributed by atoms with Crippen LogP contribution < -0.4 is 0 Å². The molecular formula is C12H19NO. The lowest BCUT2D eigenvalue weighted by Gasteiger charge is -2.45. The van der Waals surface area contributed by atoms with Crippen molar-refractivity contribution >= 4 is 0 Å². The lowest BCUT2D eigenvalue weighted by Crippen LogP contribution is -2.47. The van der Waals surface area contributed by atoms with Gasteiger partial charge in [-0.05, 0) is 32.6 Å². The van der Waals surface area contributed by atoms with Crippen molar-refractivity contribution in [1.82, 2.24) is 0 Å². The van der Waals surface area contributed by atoms with Gasteiger partial charge in [0.15, 0.2) is 0 Å². The van der Waals surface area contributed by atoms with E-state index in [0.717, 1.165) is 19.3 Å². The predicted octanol–water partition coefficient (Wildman–Crippen LogP) is 2.64. The van der Waals surface area contributed by atoms with E-state index >= 15 is 0 Å². The van der Waals surface area contributed by atoms with Crippen LogP contribution in [0.15, 0.2) is 12.7 Å². The van der Waals surface area contributed by atoms with Crippen molar-refractivity contribution in [3.05, 3.63) is 12.7 Å². The topological polar surface area (TPSA) is 44.0 Å². The number of allylic oxidation sites excluding steroid dienone is 1. The minimum atomic E-state index is -0.697. The summed E-state index contributed by atoms with van der Waals surface area (Å²) in [4.78, 5) is 0. The third kappa shape index (κ3) is 1.69. The van der Waals surface area contributed by atoms with Gasteiger partial charge in [-0.3, -0.25) is 0 Å². The van der Waals surface area contributed by atoms with Crippen molar-refractivity contribution in [3.63, 3.8) is 0 Å². The van der Waals surface area contributed by atoms with E-state index in [0.29, 0.717) is 6.42 Å². The second-order valence-electron chi connectivity index (χ2n) is 4.69. The summed E-state index contributed by atoms with van der Waals surface area (Å²) in [5, 5.41) is 19.4. The van der Waals surface area contributed by atoms with Crippen LogP contribution in [-0.4, -0.2) is 10.7 Å². The van der Waals surface area contributed by atoms with Crippen molar-refractivity contribution in [1.29, 1.82) is 5.26 Å². The van der Waals surface area contributed by atoms with E-state index in [1.165, 1.54) is 0 Å². The number of hydrogen-bond acceptors (Lipinski definition) is 2. The molecule has 0 bridgehead atoms. The Bertz CT molecular complexity index is 264. The van der Waals surface area contributed by atoms with Crippen molar-refractivity contribution in [2.75, 3.05) is 0 Å². The Labute approximate surface area is 86.2 Å². The summed E-state index contributed by atoms with van der Waals surface area (Å²) < 4.78 is 0. The Morgan fingerprint density at radius 1 is 1.64 bits per heavy atom. The molecule has 1 fully saturated rings. The minimum absolute atomic E-state index is 0.0201. The second kappa shape index (κ2) is 3.74. The molecule has 14 heavy (non-hydrogen) atoms. The van der Waals surface area contributed by atoms with Gasteiger partial charge in [0.1, 0.15) is 0 Å². The van der Waals surface area contributed by atoms with E-state index in [-0.39, 0.29) is 5.92 Å². The average molecular weight is 193 g/mol. The van der Waals surface area contributed by atoms with Crippen LogP contribution in [0, 0.1) is 22.7 Å². The van der Waals surface area contributed by atoms with Gasteiger partial charge in [-0.25, -0.2) is 0 Å². The number of aliphatic hydroxyl groups is 1. The molecule has 0 unspecified atom stereocenters. The largest absolute Gasteiger partial charge is 0.390 e. The van der Waals surface area contributed by atoms with E-state index < -0.39 is 11.0 Å². The smallest absolute Gasteiger partial charge is 0.0696 e. The Morgan fingerprint density at radius 2 is 2.29 bits per heavy atom. The van der Waals surface area contributed by atoms with Gasteiger partial charge in [0.25, 0.3) is 0 Å². The zero-order valence-corrected chi connectivity index (χ0v) is 9.08. The van der Waals surface area contributed by atoms with Crippen LogP contribution in [0.5, 0.6) is 0 Å². The quantitative estimate of drug-likeness (QED) is 0.685. The highest BCUT2D eigenvalue weighted by Gasteiger charge is 2.47. The fourth-order valence-electron chi connectivity index (χ4n) is 2.52. The maximum atomic E-state index is 10.2. The molecule has 2 nitrogen and oxygen atoms in total. The molecule has 1 N–H and O–H groups in total. The Morgan fingerprint density at radius 3 is 2.79 bits per heavy atom. The highest BCUT2D eigenvalue weighted by molar-refractivity contribution is 5.11. The third-order valence-electron chi connectivity index (χ3n) is 3.80.